The Morgan fingerprint density at radius 2 is 1.86 bits per heavy atom. The summed E-state index contributed by atoms with van der Waals surface area (Å²) >= 11 is 0. The van der Waals surface area contributed by atoms with E-state index in [0.717, 1.165) is 0 Å². The zero-order chi connectivity index (χ0) is 20.0. The van der Waals surface area contributed by atoms with E-state index < -0.39 is 21.7 Å². The van der Waals surface area contributed by atoms with Crippen LogP contribution in [0.1, 0.15) is 5.76 Å². The molecule has 1 aromatic heterocycles. The van der Waals surface area contributed by atoms with Crippen molar-refractivity contribution in [3.05, 3.63) is 78.5 Å². The molecule has 1 amide bonds. The molecule has 7 nitrogen and oxygen atoms in total. The quantitative estimate of drug-likeness (QED) is 0.602. The number of sulfonamides is 1. The Hall–Kier alpha value is -3.17. The van der Waals surface area contributed by atoms with E-state index in [2.05, 4.69) is 10.0 Å². The van der Waals surface area contributed by atoms with Gasteiger partial charge in [-0.2, -0.15) is 0 Å². The van der Waals surface area contributed by atoms with Crippen molar-refractivity contribution < 1.29 is 26.8 Å². The van der Waals surface area contributed by atoms with E-state index in [0.29, 0.717) is 11.4 Å². The molecule has 2 N–H and O–H groups in total. The molecule has 9 heteroatoms. The first-order chi connectivity index (χ1) is 13.4. The van der Waals surface area contributed by atoms with Gasteiger partial charge < -0.3 is 14.5 Å². The van der Waals surface area contributed by atoms with Crippen molar-refractivity contribution in [2.45, 2.75) is 11.4 Å². The first-order valence-corrected chi connectivity index (χ1v) is 9.71. The second kappa shape index (κ2) is 8.68. The Kier molecular flexibility index (Phi) is 6.07. The van der Waals surface area contributed by atoms with Crippen LogP contribution in [-0.2, 0) is 21.4 Å². The minimum Gasteiger partial charge on any atom is -0.484 e. The molecule has 0 spiro atoms. The van der Waals surface area contributed by atoms with Gasteiger partial charge in [-0.05, 0) is 48.5 Å². The van der Waals surface area contributed by atoms with Gasteiger partial charge >= 0.3 is 0 Å². The molecule has 3 rings (SSSR count). The number of furan rings is 1. The summed E-state index contributed by atoms with van der Waals surface area (Å²) < 4.78 is 50.3. The summed E-state index contributed by atoms with van der Waals surface area (Å²) in [4.78, 5) is 12.0. The van der Waals surface area contributed by atoms with E-state index in [9.17, 15) is 17.6 Å². The highest BCUT2D eigenvalue weighted by Gasteiger charge is 2.14. The molecule has 0 bridgehead atoms. The van der Waals surface area contributed by atoms with Crippen LogP contribution in [0.25, 0.3) is 0 Å². The van der Waals surface area contributed by atoms with Crippen LogP contribution in [0, 0.1) is 5.82 Å². The number of amides is 1. The van der Waals surface area contributed by atoms with Crippen LogP contribution in [0.5, 0.6) is 5.75 Å². The Bertz CT molecular complexity index is 1030. The monoisotopic (exact) mass is 404 g/mol. The second-order valence-corrected chi connectivity index (χ2v) is 7.49. The highest BCUT2D eigenvalue weighted by molar-refractivity contribution is 7.89. The zero-order valence-electron chi connectivity index (χ0n) is 14.6. The fourth-order valence-corrected chi connectivity index (χ4v) is 3.28. The third-order valence-electron chi connectivity index (χ3n) is 3.63. The molecule has 0 atom stereocenters. The Morgan fingerprint density at radius 1 is 1.07 bits per heavy atom. The van der Waals surface area contributed by atoms with E-state index >= 15 is 0 Å². The maximum atomic E-state index is 13.1. The maximum Gasteiger partial charge on any atom is 0.262 e. The van der Waals surface area contributed by atoms with Crippen LogP contribution in [0.2, 0.25) is 0 Å². The summed E-state index contributed by atoms with van der Waals surface area (Å²) in [5.41, 5.74) is 0.401. The number of rotatable bonds is 8. The lowest BCUT2D eigenvalue weighted by molar-refractivity contribution is -0.118. The fraction of sp³-hybridized carbons (Fsp3) is 0.105. The van der Waals surface area contributed by atoms with Gasteiger partial charge in [0.05, 0.1) is 17.7 Å². The Balaban J connectivity index is 1.53. The molecule has 0 saturated carbocycles. The first kappa shape index (κ1) is 19.6. The number of anilines is 1. The van der Waals surface area contributed by atoms with Gasteiger partial charge in [-0.1, -0.05) is 6.07 Å². The largest absolute Gasteiger partial charge is 0.484 e. The average Bonchev–Trinajstić information content (AvgIpc) is 3.19. The van der Waals surface area contributed by atoms with E-state index in [4.69, 9.17) is 9.15 Å². The number of nitrogens with one attached hydrogen (secondary N) is 2. The highest BCUT2D eigenvalue weighted by atomic mass is 32.2. The van der Waals surface area contributed by atoms with E-state index in [1.54, 1.807) is 12.1 Å². The number of carbonyl (C=O) groups excluding carboxylic acids is 1. The van der Waals surface area contributed by atoms with Crippen LogP contribution >= 0.6 is 0 Å². The van der Waals surface area contributed by atoms with Crippen molar-refractivity contribution in [2.75, 3.05) is 11.9 Å². The molecule has 0 aliphatic carbocycles. The van der Waals surface area contributed by atoms with Crippen LogP contribution in [0.3, 0.4) is 0 Å². The summed E-state index contributed by atoms with van der Waals surface area (Å²) in [5, 5.41) is 2.57. The Labute approximate surface area is 161 Å². The van der Waals surface area contributed by atoms with Gasteiger partial charge in [0, 0.05) is 11.8 Å². The fourth-order valence-electron chi connectivity index (χ4n) is 2.28. The molecule has 0 unspecified atom stereocenters. The summed E-state index contributed by atoms with van der Waals surface area (Å²) in [5.74, 6) is -0.198. The summed E-state index contributed by atoms with van der Waals surface area (Å²) in [6, 6.07) is 14.4. The average molecular weight is 404 g/mol. The van der Waals surface area contributed by atoms with Gasteiger partial charge in [-0.3, -0.25) is 4.79 Å². The van der Waals surface area contributed by atoms with Gasteiger partial charge in [0.2, 0.25) is 10.0 Å². The van der Waals surface area contributed by atoms with Gasteiger partial charge in [-0.15, -0.1) is 0 Å². The van der Waals surface area contributed by atoms with Gasteiger partial charge in [0.1, 0.15) is 17.3 Å². The lowest BCUT2D eigenvalue weighted by atomic mass is 10.3. The standard InChI is InChI=1S/C19H17FN2O5S/c20-14-3-1-4-16(11-14)27-13-19(23)22-15-6-8-18(9-7-15)28(24,25)21-12-17-5-2-10-26-17/h1-11,21H,12-13H2,(H,22,23). The minimum atomic E-state index is -3.71. The van der Waals surface area contributed by atoms with Gasteiger partial charge in [-0.25, -0.2) is 17.5 Å². The van der Waals surface area contributed by atoms with Crippen LogP contribution in [0.15, 0.2) is 76.2 Å². The molecule has 2 aromatic carbocycles. The van der Waals surface area contributed by atoms with E-state index in [-0.39, 0.29) is 23.8 Å². The molecular formula is C19H17FN2O5S. The van der Waals surface area contributed by atoms with Crippen LogP contribution in [-0.4, -0.2) is 20.9 Å². The topological polar surface area (TPSA) is 97.6 Å². The smallest absolute Gasteiger partial charge is 0.262 e. The van der Waals surface area contributed by atoms with Crippen molar-refractivity contribution in [1.82, 2.24) is 4.72 Å². The molecule has 146 valence electrons. The number of ether oxygens (including phenoxy) is 1. The van der Waals surface area contributed by atoms with Crippen molar-refractivity contribution in [1.29, 1.82) is 0 Å². The SMILES string of the molecule is O=C(COc1cccc(F)c1)Nc1ccc(S(=O)(=O)NCc2ccco2)cc1. The summed E-state index contributed by atoms with van der Waals surface area (Å²) in [6.45, 7) is -0.278. The van der Waals surface area contributed by atoms with Crippen molar-refractivity contribution in [3.63, 3.8) is 0 Å². The molecule has 1 heterocycles. The minimum absolute atomic E-state index is 0.0330. The lowest BCUT2D eigenvalue weighted by Gasteiger charge is -2.09. The van der Waals surface area contributed by atoms with Gasteiger partial charge in [0.15, 0.2) is 6.61 Å². The number of carbonyl (C=O) groups is 1. The van der Waals surface area contributed by atoms with E-state index in [1.165, 1.54) is 54.8 Å². The first-order valence-electron chi connectivity index (χ1n) is 8.23. The second-order valence-electron chi connectivity index (χ2n) is 5.72. The number of benzene rings is 2. The van der Waals surface area contributed by atoms with Crippen LogP contribution < -0.4 is 14.8 Å². The highest BCUT2D eigenvalue weighted by Crippen LogP contribution is 2.15. The summed E-state index contributed by atoms with van der Waals surface area (Å²) in [7, 11) is -3.71. The number of hydrogen-bond acceptors (Lipinski definition) is 5. The van der Waals surface area contributed by atoms with Crippen LogP contribution in [0.4, 0.5) is 10.1 Å². The lowest BCUT2D eigenvalue weighted by Crippen LogP contribution is -2.23. The number of hydrogen-bond donors (Lipinski definition) is 2. The molecule has 0 aliphatic heterocycles. The predicted octanol–water partition coefficient (Wildman–Crippen LogP) is 2.91. The molecular weight excluding hydrogens is 387 g/mol. The van der Waals surface area contributed by atoms with Crippen molar-refractivity contribution in [2.24, 2.45) is 0 Å². The third-order valence-corrected chi connectivity index (χ3v) is 5.05. The predicted molar refractivity (Wildman–Crippen MR) is 99.7 cm³/mol. The van der Waals surface area contributed by atoms with Crippen molar-refractivity contribution in [3.8, 4) is 5.75 Å². The van der Waals surface area contributed by atoms with Gasteiger partial charge in [0.25, 0.3) is 5.91 Å². The molecule has 0 radical (unpaired) electrons. The molecule has 0 aliphatic rings. The number of halogens is 1. The van der Waals surface area contributed by atoms with Crippen molar-refractivity contribution >= 4 is 21.6 Å². The molecule has 0 fully saturated rings. The normalized spacial score (nSPS) is 11.2. The summed E-state index contributed by atoms with van der Waals surface area (Å²) in [6.07, 6.45) is 1.46. The molecule has 28 heavy (non-hydrogen) atoms. The zero-order valence-corrected chi connectivity index (χ0v) is 15.4. The molecule has 0 saturated heterocycles. The molecule has 3 aromatic rings. The maximum absolute atomic E-state index is 13.1. The third kappa shape index (κ3) is 5.41. The Morgan fingerprint density at radius 3 is 2.54 bits per heavy atom. The van der Waals surface area contributed by atoms with E-state index in [1.807, 2.05) is 0 Å².